The molecule has 138 valence electrons. The van der Waals surface area contributed by atoms with Crippen LogP contribution in [0.4, 0.5) is 5.69 Å². The first kappa shape index (κ1) is 20.0. The van der Waals surface area contributed by atoms with Gasteiger partial charge in [-0.3, -0.25) is 9.59 Å². The zero-order chi connectivity index (χ0) is 18.6. The normalized spacial score (nSPS) is 23.2. The van der Waals surface area contributed by atoms with Gasteiger partial charge in [-0.25, -0.2) is 0 Å². The standard InChI is InChI=1S/C17H23Cl2N3O3/c1-11-7-22(8-12(2)25-11)10-17(24)21(3)9-16(23)20-13-4-5-14(18)15(19)6-13/h4-6,11-12H,7-10H2,1-3H3,(H,20,23)/p+1/t11-,12+. The van der Waals surface area contributed by atoms with Crippen LogP contribution in [0.2, 0.25) is 10.0 Å². The van der Waals surface area contributed by atoms with E-state index in [-0.39, 0.29) is 30.6 Å². The summed E-state index contributed by atoms with van der Waals surface area (Å²) in [5.41, 5.74) is 0.543. The van der Waals surface area contributed by atoms with Gasteiger partial charge in [0.1, 0.15) is 25.3 Å². The quantitative estimate of drug-likeness (QED) is 0.793. The van der Waals surface area contributed by atoms with Gasteiger partial charge in [0.05, 0.1) is 16.6 Å². The molecule has 2 amide bonds. The molecule has 1 saturated heterocycles. The van der Waals surface area contributed by atoms with Crippen LogP contribution in [0.1, 0.15) is 13.8 Å². The van der Waals surface area contributed by atoms with E-state index in [0.29, 0.717) is 22.3 Å². The molecule has 8 heteroatoms. The summed E-state index contributed by atoms with van der Waals surface area (Å²) in [5.74, 6) is -0.353. The number of nitrogens with zero attached hydrogens (tertiary/aromatic N) is 1. The van der Waals surface area contributed by atoms with Crippen LogP contribution in [0.3, 0.4) is 0 Å². The van der Waals surface area contributed by atoms with Crippen molar-refractivity contribution in [2.75, 3.05) is 38.5 Å². The molecule has 1 fully saturated rings. The van der Waals surface area contributed by atoms with Crippen molar-refractivity contribution in [2.45, 2.75) is 26.1 Å². The fourth-order valence-corrected chi connectivity index (χ4v) is 3.26. The zero-order valence-corrected chi connectivity index (χ0v) is 16.2. The highest BCUT2D eigenvalue weighted by molar-refractivity contribution is 6.42. The van der Waals surface area contributed by atoms with Crippen molar-refractivity contribution in [3.8, 4) is 0 Å². The SMILES string of the molecule is C[C@@H]1C[NH+](CC(=O)N(C)CC(=O)Nc2ccc(Cl)c(Cl)c2)C[C@H](C)O1. The van der Waals surface area contributed by atoms with Crippen LogP contribution in [0.25, 0.3) is 0 Å². The number of morpholine rings is 1. The van der Waals surface area contributed by atoms with E-state index in [1.165, 1.54) is 9.80 Å². The summed E-state index contributed by atoms with van der Waals surface area (Å²) >= 11 is 11.8. The van der Waals surface area contributed by atoms with Gasteiger partial charge in [0.2, 0.25) is 5.91 Å². The molecule has 1 aromatic carbocycles. The Hall–Kier alpha value is -1.34. The second kappa shape index (κ2) is 8.85. The molecule has 1 aliphatic heterocycles. The minimum atomic E-state index is -0.284. The summed E-state index contributed by atoms with van der Waals surface area (Å²) in [6.45, 7) is 5.93. The first-order chi connectivity index (χ1) is 11.7. The second-order valence-corrected chi connectivity index (χ2v) is 7.33. The molecule has 1 aromatic rings. The second-order valence-electron chi connectivity index (χ2n) is 6.52. The van der Waals surface area contributed by atoms with Crippen LogP contribution < -0.4 is 10.2 Å². The number of benzene rings is 1. The number of amides is 2. The summed E-state index contributed by atoms with van der Waals surface area (Å²) in [4.78, 5) is 27.1. The van der Waals surface area contributed by atoms with Gasteiger partial charge >= 0.3 is 0 Å². The van der Waals surface area contributed by atoms with Crippen molar-refractivity contribution in [1.29, 1.82) is 0 Å². The number of rotatable bonds is 5. The lowest BCUT2D eigenvalue weighted by Crippen LogP contribution is -3.16. The number of carbonyl (C=O) groups excluding carboxylic acids is 2. The van der Waals surface area contributed by atoms with Crippen LogP contribution >= 0.6 is 23.2 Å². The van der Waals surface area contributed by atoms with E-state index in [1.54, 1.807) is 25.2 Å². The van der Waals surface area contributed by atoms with Crippen molar-refractivity contribution >= 4 is 40.7 Å². The lowest BCUT2D eigenvalue weighted by molar-refractivity contribution is -0.907. The van der Waals surface area contributed by atoms with Crippen LogP contribution in [0, 0.1) is 0 Å². The van der Waals surface area contributed by atoms with Crippen LogP contribution in [-0.2, 0) is 14.3 Å². The van der Waals surface area contributed by atoms with E-state index in [4.69, 9.17) is 27.9 Å². The molecule has 2 N–H and O–H groups in total. The third-order valence-electron chi connectivity index (χ3n) is 4.03. The average Bonchev–Trinajstić information content (AvgIpc) is 2.49. The molecule has 0 aromatic heterocycles. The third-order valence-corrected chi connectivity index (χ3v) is 4.77. The highest BCUT2D eigenvalue weighted by Crippen LogP contribution is 2.24. The summed E-state index contributed by atoms with van der Waals surface area (Å²) in [7, 11) is 1.63. The molecular weight excluding hydrogens is 365 g/mol. The summed E-state index contributed by atoms with van der Waals surface area (Å²) < 4.78 is 5.68. The lowest BCUT2D eigenvalue weighted by atomic mass is 10.2. The molecule has 1 heterocycles. The average molecular weight is 389 g/mol. The Morgan fingerprint density at radius 3 is 2.48 bits per heavy atom. The third kappa shape index (κ3) is 6.15. The van der Waals surface area contributed by atoms with Gasteiger partial charge in [0.25, 0.3) is 5.91 Å². The van der Waals surface area contributed by atoms with Crippen LogP contribution in [-0.4, -0.2) is 62.1 Å². The van der Waals surface area contributed by atoms with E-state index in [0.717, 1.165) is 13.1 Å². The Balaban J connectivity index is 1.83. The maximum atomic E-state index is 12.4. The summed E-state index contributed by atoms with van der Waals surface area (Å²) in [6.07, 6.45) is 0.268. The Morgan fingerprint density at radius 1 is 1.24 bits per heavy atom. The van der Waals surface area contributed by atoms with Gasteiger partial charge in [-0.1, -0.05) is 23.2 Å². The van der Waals surface area contributed by atoms with Gasteiger partial charge in [-0.15, -0.1) is 0 Å². The minimum absolute atomic E-state index is 0.0199. The predicted molar refractivity (Wildman–Crippen MR) is 98.3 cm³/mol. The molecule has 6 nitrogen and oxygen atoms in total. The molecular formula is C17H24Cl2N3O3+. The Bertz CT molecular complexity index is 632. The Labute approximate surface area is 158 Å². The number of carbonyl (C=O) groups is 2. The Kier molecular flexibility index (Phi) is 7.07. The molecule has 0 radical (unpaired) electrons. The lowest BCUT2D eigenvalue weighted by Gasteiger charge is -2.32. The monoisotopic (exact) mass is 388 g/mol. The highest BCUT2D eigenvalue weighted by atomic mass is 35.5. The zero-order valence-electron chi connectivity index (χ0n) is 14.6. The first-order valence-electron chi connectivity index (χ1n) is 8.22. The van der Waals surface area contributed by atoms with Crippen molar-refractivity contribution in [1.82, 2.24) is 4.90 Å². The van der Waals surface area contributed by atoms with Gasteiger partial charge < -0.3 is 19.9 Å². The number of hydrogen-bond acceptors (Lipinski definition) is 3. The number of ether oxygens (including phenoxy) is 1. The number of hydrogen-bond donors (Lipinski definition) is 2. The maximum absolute atomic E-state index is 12.4. The van der Waals surface area contributed by atoms with E-state index in [9.17, 15) is 9.59 Å². The molecule has 0 saturated carbocycles. The van der Waals surface area contributed by atoms with Crippen molar-refractivity contribution < 1.29 is 19.2 Å². The number of quaternary nitrogens is 1. The van der Waals surface area contributed by atoms with Crippen molar-refractivity contribution in [3.05, 3.63) is 28.2 Å². The van der Waals surface area contributed by atoms with E-state index in [2.05, 4.69) is 5.32 Å². The molecule has 0 bridgehead atoms. The minimum Gasteiger partial charge on any atom is -0.364 e. The molecule has 0 spiro atoms. The molecule has 1 unspecified atom stereocenters. The number of likely N-dealkylation sites (N-methyl/N-ethyl adjacent to an activating group) is 1. The van der Waals surface area contributed by atoms with Crippen molar-refractivity contribution in [2.24, 2.45) is 0 Å². The van der Waals surface area contributed by atoms with Crippen LogP contribution in [0.5, 0.6) is 0 Å². The highest BCUT2D eigenvalue weighted by Gasteiger charge is 2.28. The van der Waals surface area contributed by atoms with E-state index >= 15 is 0 Å². The molecule has 0 aliphatic carbocycles. The van der Waals surface area contributed by atoms with Gasteiger partial charge in [0, 0.05) is 12.7 Å². The van der Waals surface area contributed by atoms with Gasteiger partial charge in [0.15, 0.2) is 6.54 Å². The maximum Gasteiger partial charge on any atom is 0.277 e. The van der Waals surface area contributed by atoms with Crippen molar-refractivity contribution in [3.63, 3.8) is 0 Å². The van der Waals surface area contributed by atoms with Gasteiger partial charge in [-0.05, 0) is 32.0 Å². The molecule has 3 atom stereocenters. The van der Waals surface area contributed by atoms with Gasteiger partial charge in [-0.2, -0.15) is 0 Å². The van der Waals surface area contributed by atoms with Crippen LogP contribution in [0.15, 0.2) is 18.2 Å². The number of anilines is 1. The fraction of sp³-hybridized carbons (Fsp3) is 0.529. The molecule has 1 aliphatic rings. The Morgan fingerprint density at radius 2 is 1.88 bits per heavy atom. The largest absolute Gasteiger partial charge is 0.364 e. The smallest absolute Gasteiger partial charge is 0.277 e. The predicted octanol–water partition coefficient (Wildman–Crippen LogP) is 1.08. The number of halogens is 2. The summed E-state index contributed by atoms with van der Waals surface area (Å²) in [6, 6.07) is 4.84. The fourth-order valence-electron chi connectivity index (χ4n) is 2.96. The topological polar surface area (TPSA) is 63.1 Å². The first-order valence-corrected chi connectivity index (χ1v) is 8.98. The summed E-state index contributed by atoms with van der Waals surface area (Å²) in [5, 5.41) is 3.50. The molecule has 2 rings (SSSR count). The number of nitrogens with one attached hydrogen (secondary N) is 2. The van der Waals surface area contributed by atoms with E-state index < -0.39 is 0 Å². The molecule has 25 heavy (non-hydrogen) atoms. The van der Waals surface area contributed by atoms with E-state index in [1.807, 2.05) is 13.8 Å².